The third kappa shape index (κ3) is 4.12. The van der Waals surface area contributed by atoms with Gasteiger partial charge in [0.2, 0.25) is 0 Å². The number of aryl methyl sites for hydroxylation is 1. The lowest BCUT2D eigenvalue weighted by Crippen LogP contribution is -2.16. The molecule has 8 heteroatoms. The number of hydrogen-bond acceptors (Lipinski definition) is 5. The summed E-state index contributed by atoms with van der Waals surface area (Å²) >= 11 is 10.7. The molecule has 0 aliphatic heterocycles. The second-order valence-electron chi connectivity index (χ2n) is 4.23. The highest BCUT2D eigenvalue weighted by molar-refractivity contribution is 9.11. The van der Waals surface area contributed by atoms with Crippen LogP contribution in [0.25, 0.3) is 0 Å². The molecule has 0 aromatic carbocycles. The zero-order chi connectivity index (χ0) is 14.6. The Kier molecular flexibility index (Phi) is 6.20. The first-order valence-electron chi connectivity index (χ1n) is 6.59. The molecule has 1 aliphatic carbocycles. The number of fused-ring (bicyclic) bond motifs is 1. The van der Waals surface area contributed by atoms with Crippen molar-refractivity contribution in [2.45, 2.75) is 33.1 Å². The summed E-state index contributed by atoms with van der Waals surface area (Å²) in [5.41, 5.74) is 2.26. The van der Waals surface area contributed by atoms with Crippen molar-refractivity contribution in [3.05, 3.63) is 20.3 Å². The normalized spacial score (nSPS) is 17.2. The van der Waals surface area contributed by atoms with Gasteiger partial charge >= 0.3 is 6.64 Å². The van der Waals surface area contributed by atoms with Crippen LogP contribution in [0.1, 0.15) is 37.1 Å². The number of nitrogens with zero attached hydrogens (tertiary/aromatic N) is 1. The van der Waals surface area contributed by atoms with E-state index in [4.69, 9.17) is 20.9 Å². The van der Waals surface area contributed by atoms with Crippen molar-refractivity contribution in [1.29, 1.82) is 0 Å². The molecule has 4 nitrogen and oxygen atoms in total. The summed E-state index contributed by atoms with van der Waals surface area (Å²) in [6.45, 7) is 2.35. The number of thiophene rings is 1. The van der Waals surface area contributed by atoms with Crippen molar-refractivity contribution in [1.82, 2.24) is 5.20 Å². The van der Waals surface area contributed by atoms with Gasteiger partial charge in [-0.25, -0.2) is 5.20 Å². The molecule has 0 atom stereocenters. The Hall–Kier alpha value is 0.220. The van der Waals surface area contributed by atoms with Gasteiger partial charge in [-0.1, -0.05) is 0 Å². The minimum atomic E-state index is -2.50. The first-order chi connectivity index (χ1) is 9.58. The summed E-state index contributed by atoms with van der Waals surface area (Å²) in [6, 6.07) is 2.13. The molecule has 0 radical (unpaired) electrons. The molecule has 1 aromatic rings. The number of hydrogen-bond donors (Lipinski definition) is 1. The quantitative estimate of drug-likeness (QED) is 0.570. The lowest BCUT2D eigenvalue weighted by molar-refractivity contribution is 0.259. The molecule has 1 N–H and O–H groups in total. The summed E-state index contributed by atoms with van der Waals surface area (Å²) in [7, 11) is 0. The molecule has 2 rings (SSSR count). The molecule has 0 amide bonds. The molecular weight excluding hydrogens is 379 g/mol. The lowest BCUT2D eigenvalue weighted by Gasteiger charge is -2.21. The van der Waals surface area contributed by atoms with E-state index < -0.39 is 6.64 Å². The second kappa shape index (κ2) is 7.47. The van der Waals surface area contributed by atoms with Crippen molar-refractivity contribution in [3.8, 4) is 0 Å². The van der Waals surface area contributed by atoms with E-state index in [2.05, 4.69) is 32.3 Å². The summed E-state index contributed by atoms with van der Waals surface area (Å²) in [4.78, 5) is 1.38. The average Bonchev–Trinajstić information content (AvgIpc) is 2.77. The lowest BCUT2D eigenvalue weighted by atomic mass is 9.97. The van der Waals surface area contributed by atoms with Crippen molar-refractivity contribution >= 4 is 51.4 Å². The molecule has 0 spiro atoms. The maximum atomic E-state index is 5.53. The molecule has 0 fully saturated rings. The minimum absolute atomic E-state index is 0.518. The topological polar surface area (TPSA) is 42.8 Å². The van der Waals surface area contributed by atoms with Gasteiger partial charge < -0.3 is 9.05 Å². The molecule has 1 aliphatic rings. The number of nitrogens with one attached hydrogen (secondary N) is 1. The highest BCUT2D eigenvalue weighted by atomic mass is 79.9. The predicted molar refractivity (Wildman–Crippen MR) is 92.2 cm³/mol. The van der Waals surface area contributed by atoms with Gasteiger partial charge in [0.1, 0.15) is 0 Å². The first-order valence-corrected chi connectivity index (χ1v) is 10.8. The number of hydrazone groups is 1. The van der Waals surface area contributed by atoms with Gasteiger partial charge in [-0.15, -0.1) is 11.3 Å². The van der Waals surface area contributed by atoms with Crippen LogP contribution in [0.5, 0.6) is 0 Å². The van der Waals surface area contributed by atoms with Crippen LogP contribution in [-0.2, 0) is 27.3 Å². The predicted octanol–water partition coefficient (Wildman–Crippen LogP) is 4.44. The van der Waals surface area contributed by atoms with Crippen molar-refractivity contribution < 1.29 is 9.05 Å². The SMILES string of the molecule is CCOP(=S)(NN=C1CCCc2sc(Br)cc21)OCC. The summed E-state index contributed by atoms with van der Waals surface area (Å²) in [6.07, 6.45) is 3.19. The highest BCUT2D eigenvalue weighted by Gasteiger charge is 2.21. The molecule has 1 heterocycles. The van der Waals surface area contributed by atoms with Crippen LogP contribution in [0, 0.1) is 0 Å². The summed E-state index contributed by atoms with van der Waals surface area (Å²) in [5, 5.41) is 7.47. The fourth-order valence-corrected chi connectivity index (χ4v) is 5.68. The molecule has 1 aromatic heterocycles. The zero-order valence-electron chi connectivity index (χ0n) is 11.5. The Balaban J connectivity index is 2.17. The third-order valence-corrected chi connectivity index (χ3v) is 6.93. The van der Waals surface area contributed by atoms with Crippen LogP contribution in [0.4, 0.5) is 0 Å². The van der Waals surface area contributed by atoms with E-state index in [0.717, 1.165) is 28.8 Å². The monoisotopic (exact) mass is 396 g/mol. The van der Waals surface area contributed by atoms with Gasteiger partial charge in [-0.05, 0) is 66.9 Å². The van der Waals surface area contributed by atoms with Crippen LogP contribution in [-0.4, -0.2) is 18.9 Å². The zero-order valence-corrected chi connectivity index (χ0v) is 15.6. The van der Waals surface area contributed by atoms with Crippen LogP contribution >= 0.6 is 33.9 Å². The fraction of sp³-hybridized carbons (Fsp3) is 0.583. The van der Waals surface area contributed by atoms with E-state index in [1.54, 1.807) is 11.3 Å². The molecule has 0 bridgehead atoms. The van der Waals surface area contributed by atoms with Gasteiger partial charge in [0, 0.05) is 10.4 Å². The third-order valence-electron chi connectivity index (χ3n) is 2.81. The molecule has 0 saturated carbocycles. The van der Waals surface area contributed by atoms with E-state index in [1.165, 1.54) is 10.4 Å². The minimum Gasteiger partial charge on any atom is -0.313 e. The summed E-state index contributed by atoms with van der Waals surface area (Å²) < 4.78 is 12.2. The van der Waals surface area contributed by atoms with Crippen LogP contribution in [0.3, 0.4) is 0 Å². The van der Waals surface area contributed by atoms with Gasteiger partial charge in [0.15, 0.2) is 0 Å². The van der Waals surface area contributed by atoms with E-state index in [9.17, 15) is 0 Å². The number of halogens is 1. The Morgan fingerprint density at radius 1 is 1.40 bits per heavy atom. The standard InChI is InChI=1S/C12H18BrN2O2PS2/c1-3-16-18(19,17-4-2)15-14-10-6-5-7-11-9(10)8-12(13)20-11/h8H,3-7H2,1-2H3,(H,15,19). The van der Waals surface area contributed by atoms with Crippen molar-refractivity contribution in [2.24, 2.45) is 5.10 Å². The Morgan fingerprint density at radius 2 is 2.10 bits per heavy atom. The molecule has 112 valence electrons. The summed E-state index contributed by atoms with van der Waals surface area (Å²) in [5.74, 6) is 0. The van der Waals surface area contributed by atoms with Crippen molar-refractivity contribution in [3.63, 3.8) is 0 Å². The van der Waals surface area contributed by atoms with E-state index in [0.29, 0.717) is 13.2 Å². The van der Waals surface area contributed by atoms with Crippen LogP contribution < -0.4 is 5.20 Å². The van der Waals surface area contributed by atoms with Crippen molar-refractivity contribution in [2.75, 3.05) is 13.2 Å². The first kappa shape index (κ1) is 16.6. The van der Waals surface area contributed by atoms with Gasteiger partial charge in [0.25, 0.3) is 0 Å². The molecule has 0 saturated heterocycles. The van der Waals surface area contributed by atoms with Crippen LogP contribution in [0.2, 0.25) is 0 Å². The van der Waals surface area contributed by atoms with Gasteiger partial charge in [-0.2, -0.15) is 5.10 Å². The van der Waals surface area contributed by atoms with E-state index in [1.807, 2.05) is 13.8 Å². The maximum absolute atomic E-state index is 5.53. The molecule has 20 heavy (non-hydrogen) atoms. The molecular formula is C12H18BrN2O2PS2. The smallest absolute Gasteiger partial charge is 0.303 e. The Labute approximate surface area is 137 Å². The molecule has 0 unspecified atom stereocenters. The fourth-order valence-electron chi connectivity index (χ4n) is 2.05. The Morgan fingerprint density at radius 3 is 2.75 bits per heavy atom. The van der Waals surface area contributed by atoms with E-state index >= 15 is 0 Å². The second-order valence-corrected chi connectivity index (χ2v) is 9.90. The van der Waals surface area contributed by atoms with Gasteiger partial charge in [-0.3, -0.25) is 0 Å². The maximum Gasteiger partial charge on any atom is 0.303 e. The van der Waals surface area contributed by atoms with Gasteiger partial charge in [0.05, 0.1) is 22.7 Å². The number of rotatable bonds is 6. The largest absolute Gasteiger partial charge is 0.313 e. The Bertz CT molecular complexity index is 538. The highest BCUT2D eigenvalue weighted by Crippen LogP contribution is 2.44. The average molecular weight is 397 g/mol. The van der Waals surface area contributed by atoms with E-state index in [-0.39, 0.29) is 0 Å². The van der Waals surface area contributed by atoms with Crippen LogP contribution in [0.15, 0.2) is 15.0 Å².